The van der Waals surface area contributed by atoms with Gasteiger partial charge in [0.2, 0.25) is 5.91 Å². The number of methoxy groups -OCH3 is 1. The highest BCUT2D eigenvalue weighted by Crippen LogP contribution is 2.28. The molecule has 1 aliphatic rings. The van der Waals surface area contributed by atoms with Crippen molar-refractivity contribution in [2.75, 3.05) is 7.11 Å². The zero-order valence-electron chi connectivity index (χ0n) is 22.6. The summed E-state index contributed by atoms with van der Waals surface area (Å²) in [5.41, 5.74) is 3.76. The van der Waals surface area contributed by atoms with Crippen LogP contribution >= 0.6 is 0 Å². The molecule has 3 aromatic rings. The smallest absolute Gasteiger partial charge is 0.411 e. The number of nitrogens with zero attached hydrogens (tertiary/aromatic N) is 1. The molecule has 0 aliphatic carbocycles. The van der Waals surface area contributed by atoms with E-state index in [-0.39, 0.29) is 25.1 Å². The Morgan fingerprint density at radius 3 is 2.28 bits per heavy atom. The molecule has 0 saturated carbocycles. The van der Waals surface area contributed by atoms with Crippen molar-refractivity contribution in [1.29, 1.82) is 0 Å². The normalized spacial score (nSPS) is 15.6. The monoisotopic (exact) mass is 530 g/mol. The van der Waals surface area contributed by atoms with Crippen molar-refractivity contribution in [3.8, 4) is 16.9 Å². The molecule has 0 fully saturated rings. The molecule has 2 atom stereocenters. The first-order valence-corrected chi connectivity index (χ1v) is 12.9. The summed E-state index contributed by atoms with van der Waals surface area (Å²) in [6.45, 7) is 5.33. The molecule has 8 nitrogen and oxygen atoms in total. The summed E-state index contributed by atoms with van der Waals surface area (Å²) in [5, 5.41) is 12.7. The molecule has 0 aromatic heterocycles. The number of nitrogens with one attached hydrogen (secondary N) is 1. The Hall–Kier alpha value is -4.33. The molecule has 8 heteroatoms. The van der Waals surface area contributed by atoms with E-state index >= 15 is 0 Å². The molecule has 0 radical (unpaired) electrons. The molecule has 39 heavy (non-hydrogen) atoms. The van der Waals surface area contributed by atoms with Crippen molar-refractivity contribution in [2.45, 2.75) is 57.8 Å². The van der Waals surface area contributed by atoms with Gasteiger partial charge in [-0.25, -0.2) is 9.59 Å². The van der Waals surface area contributed by atoms with Gasteiger partial charge < -0.3 is 19.9 Å². The zero-order chi connectivity index (χ0) is 28.2. The lowest BCUT2D eigenvalue weighted by molar-refractivity contribution is -0.145. The number of rotatable bonds is 6. The molecular formula is C31H34N2O6. The first-order valence-electron chi connectivity index (χ1n) is 12.9. The number of aromatic hydroxyl groups is 1. The maximum Gasteiger partial charge on any atom is 0.411 e. The van der Waals surface area contributed by atoms with E-state index in [1.807, 2.05) is 54.6 Å². The molecule has 2 N–H and O–H groups in total. The van der Waals surface area contributed by atoms with Gasteiger partial charge in [-0.3, -0.25) is 9.69 Å². The van der Waals surface area contributed by atoms with Crippen LogP contribution in [0.25, 0.3) is 11.1 Å². The van der Waals surface area contributed by atoms with Crippen LogP contribution < -0.4 is 5.32 Å². The highest BCUT2D eigenvalue weighted by Gasteiger charge is 2.38. The summed E-state index contributed by atoms with van der Waals surface area (Å²) >= 11 is 0. The Morgan fingerprint density at radius 2 is 1.64 bits per heavy atom. The number of carbonyl (C=O) groups is 3. The highest BCUT2D eigenvalue weighted by atomic mass is 16.6. The standard InChI is InChI=1S/C31H34N2O6/c1-31(2,3)39-30(37)33-19-24-17-25(34)15-14-23(24)18-27(33)28(35)32-26(29(36)38-4)16-20-10-12-22(13-11-20)21-8-6-5-7-9-21/h5-15,17,26-27,34H,16,18-19H2,1-4H3,(H,32,35)/t26-,27-/m0/s1. The van der Waals surface area contributed by atoms with Gasteiger partial charge in [-0.1, -0.05) is 60.7 Å². The van der Waals surface area contributed by atoms with Crippen molar-refractivity contribution in [2.24, 2.45) is 0 Å². The van der Waals surface area contributed by atoms with Gasteiger partial charge in [-0.15, -0.1) is 0 Å². The lowest BCUT2D eigenvalue weighted by atomic mass is 9.93. The lowest BCUT2D eigenvalue weighted by Gasteiger charge is -2.37. The van der Waals surface area contributed by atoms with Crippen molar-refractivity contribution in [3.63, 3.8) is 0 Å². The number of ether oxygens (including phenoxy) is 2. The number of amides is 2. The quantitative estimate of drug-likeness (QED) is 0.451. The Labute approximate surface area is 228 Å². The van der Waals surface area contributed by atoms with Crippen LogP contribution in [0.5, 0.6) is 5.75 Å². The van der Waals surface area contributed by atoms with Crippen LogP contribution in [-0.4, -0.2) is 52.8 Å². The van der Waals surface area contributed by atoms with E-state index in [1.54, 1.807) is 39.0 Å². The number of hydrogen-bond acceptors (Lipinski definition) is 6. The molecule has 3 aromatic carbocycles. The molecule has 1 heterocycles. The Morgan fingerprint density at radius 1 is 0.974 bits per heavy atom. The fourth-order valence-electron chi connectivity index (χ4n) is 4.62. The Bertz CT molecular complexity index is 1330. The molecule has 0 spiro atoms. The third-order valence-corrected chi connectivity index (χ3v) is 6.55. The molecule has 204 valence electrons. The number of benzene rings is 3. The van der Waals surface area contributed by atoms with Gasteiger partial charge in [0.15, 0.2) is 0 Å². The molecule has 0 bridgehead atoms. The van der Waals surface area contributed by atoms with Crippen LogP contribution in [-0.2, 0) is 38.4 Å². The second-order valence-electron chi connectivity index (χ2n) is 10.6. The average Bonchev–Trinajstić information content (AvgIpc) is 2.91. The van der Waals surface area contributed by atoms with E-state index in [2.05, 4.69) is 5.32 Å². The van der Waals surface area contributed by atoms with Crippen LogP contribution in [0.1, 0.15) is 37.5 Å². The number of phenolic OH excluding ortho intramolecular Hbond substituents is 1. The van der Waals surface area contributed by atoms with E-state index in [4.69, 9.17) is 9.47 Å². The van der Waals surface area contributed by atoms with Gasteiger partial charge >= 0.3 is 12.1 Å². The van der Waals surface area contributed by atoms with Gasteiger partial charge in [0, 0.05) is 12.8 Å². The maximum atomic E-state index is 13.6. The summed E-state index contributed by atoms with van der Waals surface area (Å²) in [5.74, 6) is -0.999. The number of esters is 1. The minimum atomic E-state index is -0.952. The predicted molar refractivity (Wildman–Crippen MR) is 147 cm³/mol. The fraction of sp³-hybridized carbons (Fsp3) is 0.323. The Balaban J connectivity index is 1.55. The summed E-state index contributed by atoms with van der Waals surface area (Å²) in [6, 6.07) is 20.7. The minimum Gasteiger partial charge on any atom is -0.508 e. The van der Waals surface area contributed by atoms with Crippen molar-refractivity contribution in [1.82, 2.24) is 10.2 Å². The summed E-state index contributed by atoms with van der Waals surface area (Å²) in [7, 11) is 1.27. The number of phenols is 1. The molecule has 0 unspecified atom stereocenters. The van der Waals surface area contributed by atoms with Gasteiger partial charge in [-0.2, -0.15) is 0 Å². The fourth-order valence-corrected chi connectivity index (χ4v) is 4.62. The molecule has 1 aliphatic heterocycles. The van der Waals surface area contributed by atoms with Crippen LogP contribution in [0.4, 0.5) is 4.79 Å². The minimum absolute atomic E-state index is 0.0739. The number of carbonyl (C=O) groups excluding carboxylic acids is 3. The van der Waals surface area contributed by atoms with Crippen LogP contribution in [0, 0.1) is 0 Å². The van der Waals surface area contributed by atoms with E-state index < -0.39 is 35.7 Å². The Kier molecular flexibility index (Phi) is 8.24. The van der Waals surface area contributed by atoms with Crippen LogP contribution in [0.2, 0.25) is 0 Å². The molecule has 0 saturated heterocycles. The highest BCUT2D eigenvalue weighted by molar-refractivity contribution is 5.90. The van der Waals surface area contributed by atoms with Crippen molar-refractivity contribution in [3.05, 3.63) is 89.5 Å². The SMILES string of the molecule is COC(=O)[C@H](Cc1ccc(-c2ccccc2)cc1)NC(=O)[C@@H]1Cc2ccc(O)cc2CN1C(=O)OC(C)(C)C. The summed E-state index contributed by atoms with van der Waals surface area (Å²) in [4.78, 5) is 40.7. The maximum absolute atomic E-state index is 13.6. The van der Waals surface area contributed by atoms with E-state index in [0.29, 0.717) is 0 Å². The van der Waals surface area contributed by atoms with E-state index in [0.717, 1.165) is 27.8 Å². The van der Waals surface area contributed by atoms with E-state index in [9.17, 15) is 19.5 Å². The van der Waals surface area contributed by atoms with Gasteiger partial charge in [0.1, 0.15) is 23.4 Å². The molecule has 2 amide bonds. The third-order valence-electron chi connectivity index (χ3n) is 6.55. The van der Waals surface area contributed by atoms with Gasteiger partial charge in [0.05, 0.1) is 13.7 Å². The molecular weight excluding hydrogens is 496 g/mol. The second kappa shape index (κ2) is 11.6. The second-order valence-corrected chi connectivity index (χ2v) is 10.6. The number of fused-ring (bicyclic) bond motifs is 1. The van der Waals surface area contributed by atoms with Gasteiger partial charge in [0.25, 0.3) is 0 Å². The molecule has 4 rings (SSSR count). The third kappa shape index (κ3) is 6.96. The first kappa shape index (κ1) is 27.7. The van der Waals surface area contributed by atoms with Crippen molar-refractivity contribution < 1.29 is 29.0 Å². The van der Waals surface area contributed by atoms with Crippen molar-refractivity contribution >= 4 is 18.0 Å². The van der Waals surface area contributed by atoms with Crippen LogP contribution in [0.15, 0.2) is 72.8 Å². The first-order chi connectivity index (χ1) is 18.5. The van der Waals surface area contributed by atoms with Gasteiger partial charge in [-0.05, 0) is 60.7 Å². The topological polar surface area (TPSA) is 105 Å². The number of hydrogen-bond donors (Lipinski definition) is 2. The largest absolute Gasteiger partial charge is 0.508 e. The summed E-state index contributed by atoms with van der Waals surface area (Å²) in [6.07, 6.45) is -0.222. The average molecular weight is 531 g/mol. The zero-order valence-corrected chi connectivity index (χ0v) is 22.6. The van der Waals surface area contributed by atoms with Crippen LogP contribution in [0.3, 0.4) is 0 Å². The lowest BCUT2D eigenvalue weighted by Crippen LogP contribution is -2.56. The van der Waals surface area contributed by atoms with E-state index in [1.165, 1.54) is 12.0 Å². The summed E-state index contributed by atoms with van der Waals surface area (Å²) < 4.78 is 10.6. The predicted octanol–water partition coefficient (Wildman–Crippen LogP) is 4.62.